The van der Waals surface area contributed by atoms with Gasteiger partial charge in [-0.2, -0.15) is 13.2 Å². The van der Waals surface area contributed by atoms with Gasteiger partial charge in [-0.25, -0.2) is 15.0 Å². The van der Waals surface area contributed by atoms with Crippen molar-refractivity contribution in [3.63, 3.8) is 0 Å². The van der Waals surface area contributed by atoms with Gasteiger partial charge in [0.1, 0.15) is 22.8 Å². The van der Waals surface area contributed by atoms with E-state index in [1.807, 2.05) is 0 Å². The maximum Gasteiger partial charge on any atom is 0.431 e. The second-order valence-corrected chi connectivity index (χ2v) is 5.08. The van der Waals surface area contributed by atoms with Gasteiger partial charge in [0.05, 0.1) is 19.0 Å². The first-order valence-corrected chi connectivity index (χ1v) is 6.84. The van der Waals surface area contributed by atoms with Crippen LogP contribution in [-0.2, 0) is 12.7 Å². The summed E-state index contributed by atoms with van der Waals surface area (Å²) in [4.78, 5) is 11.6. The van der Waals surface area contributed by atoms with Gasteiger partial charge in [-0.05, 0) is 11.6 Å². The Labute approximate surface area is 133 Å². The van der Waals surface area contributed by atoms with Gasteiger partial charge in [-0.3, -0.25) is 0 Å². The summed E-state index contributed by atoms with van der Waals surface area (Å²) in [6, 6.07) is 4.17. The van der Waals surface area contributed by atoms with Gasteiger partial charge >= 0.3 is 6.18 Å². The molecule has 0 aliphatic rings. The maximum absolute atomic E-state index is 13.3. The molecule has 0 saturated heterocycles. The molecule has 0 amide bonds. The first-order chi connectivity index (χ1) is 10.9. The normalized spacial score (nSPS) is 11.9. The van der Waals surface area contributed by atoms with Crippen LogP contribution < -0.4 is 4.74 Å². The first kappa shape index (κ1) is 15.5. The SMILES string of the molecule is COc1ccc(Cn2c(C(F)(F)F)cc3c(Cl)ncnc32)cn1. The third-order valence-electron chi connectivity index (χ3n) is 3.28. The molecule has 3 aromatic heterocycles. The van der Waals surface area contributed by atoms with Crippen LogP contribution in [0, 0.1) is 0 Å². The number of rotatable bonds is 3. The Morgan fingerprint density at radius 2 is 2.00 bits per heavy atom. The van der Waals surface area contributed by atoms with Crippen LogP contribution in [0.1, 0.15) is 11.3 Å². The molecular weight excluding hydrogens is 333 g/mol. The van der Waals surface area contributed by atoms with E-state index < -0.39 is 11.9 Å². The summed E-state index contributed by atoms with van der Waals surface area (Å²) in [5.41, 5.74) is -0.151. The fourth-order valence-corrected chi connectivity index (χ4v) is 2.42. The highest BCUT2D eigenvalue weighted by molar-refractivity contribution is 6.33. The van der Waals surface area contributed by atoms with Crippen LogP contribution >= 0.6 is 11.6 Å². The molecule has 0 aliphatic heterocycles. The number of pyridine rings is 1. The fourth-order valence-electron chi connectivity index (χ4n) is 2.24. The predicted molar refractivity (Wildman–Crippen MR) is 77.4 cm³/mol. The largest absolute Gasteiger partial charge is 0.481 e. The van der Waals surface area contributed by atoms with Crippen molar-refractivity contribution in [3.8, 4) is 5.88 Å². The van der Waals surface area contributed by atoms with E-state index in [9.17, 15) is 13.2 Å². The Balaban J connectivity index is 2.12. The van der Waals surface area contributed by atoms with Crippen molar-refractivity contribution in [3.05, 3.63) is 47.1 Å². The van der Waals surface area contributed by atoms with Crippen molar-refractivity contribution in [1.82, 2.24) is 19.5 Å². The van der Waals surface area contributed by atoms with E-state index in [2.05, 4.69) is 15.0 Å². The summed E-state index contributed by atoms with van der Waals surface area (Å²) < 4.78 is 45.9. The molecule has 0 atom stereocenters. The van der Waals surface area contributed by atoms with E-state index in [0.717, 1.165) is 17.0 Å². The van der Waals surface area contributed by atoms with Crippen LogP contribution in [0.4, 0.5) is 13.2 Å². The highest BCUT2D eigenvalue weighted by atomic mass is 35.5. The van der Waals surface area contributed by atoms with Crippen molar-refractivity contribution in [1.29, 1.82) is 0 Å². The zero-order valence-electron chi connectivity index (χ0n) is 11.8. The van der Waals surface area contributed by atoms with Crippen LogP contribution in [-0.4, -0.2) is 26.6 Å². The minimum Gasteiger partial charge on any atom is -0.481 e. The molecular formula is C14H10ClF3N4O. The van der Waals surface area contributed by atoms with Gasteiger partial charge in [0.15, 0.2) is 0 Å². The van der Waals surface area contributed by atoms with Crippen molar-refractivity contribution in [2.24, 2.45) is 0 Å². The summed E-state index contributed by atoms with van der Waals surface area (Å²) in [6.45, 7) is -0.0529. The van der Waals surface area contributed by atoms with Crippen LogP contribution in [0.3, 0.4) is 0 Å². The zero-order chi connectivity index (χ0) is 16.6. The lowest BCUT2D eigenvalue weighted by Gasteiger charge is -2.12. The highest BCUT2D eigenvalue weighted by Crippen LogP contribution is 2.35. The molecule has 5 nitrogen and oxygen atoms in total. The minimum atomic E-state index is -4.54. The molecule has 3 heterocycles. The molecule has 3 rings (SSSR count). The standard InChI is InChI=1S/C14H10ClF3N4O/c1-23-11-3-2-8(5-19-11)6-22-10(14(16,17)18)4-9-12(15)20-7-21-13(9)22/h2-5,7H,6H2,1H3. The van der Waals surface area contributed by atoms with E-state index in [4.69, 9.17) is 16.3 Å². The van der Waals surface area contributed by atoms with Gasteiger partial charge < -0.3 is 9.30 Å². The maximum atomic E-state index is 13.3. The second kappa shape index (κ2) is 5.69. The Kier molecular flexibility index (Phi) is 3.85. The van der Waals surface area contributed by atoms with Crippen LogP contribution in [0.5, 0.6) is 5.88 Å². The molecule has 0 radical (unpaired) electrons. The Morgan fingerprint density at radius 3 is 2.61 bits per heavy atom. The summed E-state index contributed by atoms with van der Waals surface area (Å²) in [5.74, 6) is 0.382. The zero-order valence-corrected chi connectivity index (χ0v) is 12.6. The van der Waals surface area contributed by atoms with E-state index in [1.165, 1.54) is 13.3 Å². The summed E-state index contributed by atoms with van der Waals surface area (Å²) in [6.07, 6.45) is -1.95. The molecule has 0 bridgehead atoms. The van der Waals surface area contributed by atoms with Crippen molar-refractivity contribution < 1.29 is 17.9 Å². The molecule has 0 fully saturated rings. The molecule has 0 N–H and O–H groups in total. The van der Waals surface area contributed by atoms with Gasteiger partial charge in [-0.15, -0.1) is 0 Å². The van der Waals surface area contributed by atoms with Gasteiger partial charge in [0.2, 0.25) is 5.88 Å². The number of halogens is 4. The van der Waals surface area contributed by atoms with Crippen LogP contribution in [0.2, 0.25) is 5.15 Å². The number of alkyl halides is 3. The third-order valence-corrected chi connectivity index (χ3v) is 3.58. The van der Waals surface area contributed by atoms with E-state index >= 15 is 0 Å². The van der Waals surface area contributed by atoms with Crippen molar-refractivity contribution >= 4 is 22.6 Å². The number of fused-ring (bicyclic) bond motifs is 1. The van der Waals surface area contributed by atoms with E-state index in [1.54, 1.807) is 12.1 Å². The quantitative estimate of drug-likeness (QED) is 0.683. The van der Waals surface area contributed by atoms with Gasteiger partial charge in [0, 0.05) is 12.3 Å². The molecule has 23 heavy (non-hydrogen) atoms. The van der Waals surface area contributed by atoms with Crippen LogP contribution in [0.25, 0.3) is 11.0 Å². The number of hydrogen-bond donors (Lipinski definition) is 0. The van der Waals surface area contributed by atoms with Crippen molar-refractivity contribution in [2.45, 2.75) is 12.7 Å². The topological polar surface area (TPSA) is 52.8 Å². The fraction of sp³-hybridized carbons (Fsp3) is 0.214. The number of ether oxygens (including phenoxy) is 1. The molecule has 0 aliphatic carbocycles. The third kappa shape index (κ3) is 2.94. The van der Waals surface area contributed by atoms with Crippen molar-refractivity contribution in [2.75, 3.05) is 7.11 Å². The lowest BCUT2D eigenvalue weighted by molar-refractivity contribution is -0.143. The average molecular weight is 343 g/mol. The Hall–Kier alpha value is -2.35. The molecule has 120 valence electrons. The predicted octanol–water partition coefficient (Wildman–Crippen LogP) is 3.56. The molecule has 0 aromatic carbocycles. The number of aromatic nitrogens is 4. The smallest absolute Gasteiger partial charge is 0.431 e. The average Bonchev–Trinajstić information content (AvgIpc) is 2.88. The monoisotopic (exact) mass is 342 g/mol. The minimum absolute atomic E-state index is 0.0212. The number of nitrogens with zero attached hydrogens (tertiary/aromatic N) is 4. The lowest BCUT2D eigenvalue weighted by atomic mass is 10.3. The number of hydrogen-bond acceptors (Lipinski definition) is 4. The Bertz CT molecular complexity index is 846. The summed E-state index contributed by atoms with van der Waals surface area (Å²) >= 11 is 5.87. The summed E-state index contributed by atoms with van der Waals surface area (Å²) in [7, 11) is 1.46. The second-order valence-electron chi connectivity index (χ2n) is 4.72. The van der Waals surface area contributed by atoms with E-state index in [0.29, 0.717) is 11.4 Å². The van der Waals surface area contributed by atoms with Crippen LogP contribution in [0.15, 0.2) is 30.7 Å². The lowest BCUT2D eigenvalue weighted by Crippen LogP contribution is -2.14. The molecule has 9 heteroatoms. The molecule has 3 aromatic rings. The molecule has 0 unspecified atom stereocenters. The number of methoxy groups -OCH3 is 1. The highest BCUT2D eigenvalue weighted by Gasteiger charge is 2.36. The first-order valence-electron chi connectivity index (χ1n) is 6.46. The summed E-state index contributed by atoms with van der Waals surface area (Å²) in [5, 5.41) is 0.134. The molecule has 0 spiro atoms. The van der Waals surface area contributed by atoms with Gasteiger partial charge in [0.25, 0.3) is 0 Å². The molecule has 0 saturated carbocycles. The van der Waals surface area contributed by atoms with Gasteiger partial charge in [-0.1, -0.05) is 17.7 Å². The Morgan fingerprint density at radius 1 is 1.22 bits per heavy atom. The van der Waals surface area contributed by atoms with E-state index in [-0.39, 0.29) is 22.7 Å².